The molecule has 20 heavy (non-hydrogen) atoms. The maximum atomic E-state index is 12.8. The van der Waals surface area contributed by atoms with Gasteiger partial charge in [0, 0.05) is 12.1 Å². The highest BCUT2D eigenvalue weighted by Crippen LogP contribution is 2.21. The Balaban J connectivity index is 1.99. The van der Waals surface area contributed by atoms with E-state index in [1.54, 1.807) is 19.2 Å². The van der Waals surface area contributed by atoms with Crippen molar-refractivity contribution < 1.29 is 13.9 Å². The van der Waals surface area contributed by atoms with Crippen LogP contribution in [0.1, 0.15) is 15.9 Å². The van der Waals surface area contributed by atoms with E-state index in [1.807, 2.05) is 6.07 Å². The first-order valence-corrected chi connectivity index (χ1v) is 6.06. The lowest BCUT2D eigenvalue weighted by molar-refractivity contribution is 0.0951. The predicted octanol–water partition coefficient (Wildman–Crippen LogP) is 2.35. The minimum absolute atomic E-state index is 0.264. The summed E-state index contributed by atoms with van der Waals surface area (Å²) >= 11 is 0. The van der Waals surface area contributed by atoms with E-state index in [0.717, 1.165) is 5.56 Å². The van der Waals surface area contributed by atoms with E-state index in [2.05, 4.69) is 5.32 Å². The second-order valence-electron chi connectivity index (χ2n) is 4.27. The van der Waals surface area contributed by atoms with Crippen molar-refractivity contribution in [2.75, 3.05) is 12.8 Å². The molecule has 104 valence electrons. The van der Waals surface area contributed by atoms with Crippen LogP contribution in [-0.2, 0) is 6.54 Å². The Morgan fingerprint density at radius 1 is 1.25 bits per heavy atom. The molecule has 0 aliphatic rings. The third-order valence-electron chi connectivity index (χ3n) is 2.85. The zero-order valence-electron chi connectivity index (χ0n) is 11.0. The molecule has 0 aliphatic heterocycles. The third kappa shape index (κ3) is 3.26. The average Bonchev–Trinajstić information content (AvgIpc) is 2.45. The predicted molar refractivity (Wildman–Crippen MR) is 75.0 cm³/mol. The van der Waals surface area contributed by atoms with Gasteiger partial charge >= 0.3 is 0 Å². The normalized spacial score (nSPS) is 10.1. The van der Waals surface area contributed by atoms with Gasteiger partial charge in [0.15, 0.2) is 0 Å². The van der Waals surface area contributed by atoms with Crippen molar-refractivity contribution in [3.05, 3.63) is 59.4 Å². The number of hydrogen-bond acceptors (Lipinski definition) is 3. The number of carbonyl (C=O) groups excluding carboxylic acids is 1. The number of ether oxygens (including phenoxy) is 1. The summed E-state index contributed by atoms with van der Waals surface area (Å²) in [5, 5.41) is 2.74. The van der Waals surface area contributed by atoms with Gasteiger partial charge in [-0.3, -0.25) is 4.79 Å². The Morgan fingerprint density at radius 3 is 2.55 bits per heavy atom. The number of rotatable bonds is 4. The molecule has 0 spiro atoms. The zero-order chi connectivity index (χ0) is 14.5. The van der Waals surface area contributed by atoms with Crippen LogP contribution < -0.4 is 15.8 Å². The van der Waals surface area contributed by atoms with E-state index in [-0.39, 0.29) is 11.7 Å². The molecular formula is C15H15FN2O2. The SMILES string of the molecule is COc1ccc(CNC(=O)c2ccc(F)cc2)cc1N. The number of methoxy groups -OCH3 is 1. The molecular weight excluding hydrogens is 259 g/mol. The fourth-order valence-corrected chi connectivity index (χ4v) is 1.78. The van der Waals surface area contributed by atoms with Gasteiger partial charge in [0.05, 0.1) is 12.8 Å². The van der Waals surface area contributed by atoms with Gasteiger partial charge in [-0.15, -0.1) is 0 Å². The molecule has 0 unspecified atom stereocenters. The number of anilines is 1. The van der Waals surface area contributed by atoms with E-state index in [4.69, 9.17) is 10.5 Å². The van der Waals surface area contributed by atoms with Crippen molar-refractivity contribution >= 4 is 11.6 Å². The smallest absolute Gasteiger partial charge is 0.251 e. The number of halogens is 1. The zero-order valence-corrected chi connectivity index (χ0v) is 11.0. The Labute approximate surface area is 116 Å². The highest BCUT2D eigenvalue weighted by Gasteiger charge is 2.06. The second-order valence-corrected chi connectivity index (χ2v) is 4.27. The fourth-order valence-electron chi connectivity index (χ4n) is 1.78. The number of nitrogens with two attached hydrogens (primary N) is 1. The lowest BCUT2D eigenvalue weighted by atomic mass is 10.1. The first-order chi connectivity index (χ1) is 9.60. The molecule has 2 aromatic rings. The molecule has 0 aromatic heterocycles. The summed E-state index contributed by atoms with van der Waals surface area (Å²) in [4.78, 5) is 11.8. The lowest BCUT2D eigenvalue weighted by Crippen LogP contribution is -2.22. The average molecular weight is 274 g/mol. The maximum Gasteiger partial charge on any atom is 0.251 e. The molecule has 0 saturated heterocycles. The van der Waals surface area contributed by atoms with Crippen LogP contribution in [0.15, 0.2) is 42.5 Å². The number of benzene rings is 2. The van der Waals surface area contributed by atoms with Gasteiger partial charge in [0.2, 0.25) is 0 Å². The van der Waals surface area contributed by atoms with Crippen LogP contribution in [0.2, 0.25) is 0 Å². The molecule has 0 radical (unpaired) electrons. The molecule has 0 saturated carbocycles. The van der Waals surface area contributed by atoms with E-state index in [0.29, 0.717) is 23.5 Å². The van der Waals surface area contributed by atoms with Gasteiger partial charge < -0.3 is 15.8 Å². The largest absolute Gasteiger partial charge is 0.495 e. The number of nitrogen functional groups attached to an aromatic ring is 1. The van der Waals surface area contributed by atoms with Gasteiger partial charge in [-0.1, -0.05) is 6.07 Å². The second kappa shape index (κ2) is 6.06. The minimum atomic E-state index is -0.371. The van der Waals surface area contributed by atoms with Crippen molar-refractivity contribution in [1.29, 1.82) is 0 Å². The summed E-state index contributed by atoms with van der Waals surface area (Å²) in [6.45, 7) is 0.338. The van der Waals surface area contributed by atoms with E-state index >= 15 is 0 Å². The number of carbonyl (C=O) groups is 1. The van der Waals surface area contributed by atoms with Gasteiger partial charge in [-0.05, 0) is 42.0 Å². The van der Waals surface area contributed by atoms with E-state index in [1.165, 1.54) is 24.3 Å². The summed E-state index contributed by atoms with van der Waals surface area (Å²) in [7, 11) is 1.54. The van der Waals surface area contributed by atoms with Gasteiger partial charge in [0.25, 0.3) is 5.91 Å². The fraction of sp³-hybridized carbons (Fsp3) is 0.133. The summed E-state index contributed by atoms with van der Waals surface area (Å²) in [6.07, 6.45) is 0. The molecule has 2 rings (SSSR count). The van der Waals surface area contributed by atoms with Crippen LogP contribution in [-0.4, -0.2) is 13.0 Å². The van der Waals surface area contributed by atoms with Crippen LogP contribution in [0.4, 0.5) is 10.1 Å². The van der Waals surface area contributed by atoms with E-state index < -0.39 is 0 Å². The van der Waals surface area contributed by atoms with Crippen molar-refractivity contribution in [2.24, 2.45) is 0 Å². The van der Waals surface area contributed by atoms with Crippen molar-refractivity contribution in [3.8, 4) is 5.75 Å². The van der Waals surface area contributed by atoms with Crippen LogP contribution in [0.3, 0.4) is 0 Å². The highest BCUT2D eigenvalue weighted by molar-refractivity contribution is 5.94. The van der Waals surface area contributed by atoms with E-state index in [9.17, 15) is 9.18 Å². The maximum absolute atomic E-state index is 12.8. The van der Waals surface area contributed by atoms with Crippen LogP contribution in [0.25, 0.3) is 0 Å². The number of amides is 1. The quantitative estimate of drug-likeness (QED) is 0.841. The highest BCUT2D eigenvalue weighted by atomic mass is 19.1. The van der Waals surface area contributed by atoms with Crippen LogP contribution in [0.5, 0.6) is 5.75 Å². The van der Waals surface area contributed by atoms with Gasteiger partial charge in [-0.2, -0.15) is 0 Å². The molecule has 2 aromatic carbocycles. The van der Waals surface area contributed by atoms with Gasteiger partial charge in [-0.25, -0.2) is 4.39 Å². The molecule has 3 N–H and O–H groups in total. The monoisotopic (exact) mass is 274 g/mol. The molecule has 0 atom stereocenters. The lowest BCUT2D eigenvalue weighted by Gasteiger charge is -2.08. The van der Waals surface area contributed by atoms with Crippen LogP contribution >= 0.6 is 0 Å². The first-order valence-electron chi connectivity index (χ1n) is 6.06. The molecule has 1 amide bonds. The Bertz CT molecular complexity index is 612. The van der Waals surface area contributed by atoms with Gasteiger partial charge in [0.1, 0.15) is 11.6 Å². The topological polar surface area (TPSA) is 64.3 Å². The molecule has 0 heterocycles. The number of nitrogens with one attached hydrogen (secondary N) is 1. The van der Waals surface area contributed by atoms with Crippen molar-refractivity contribution in [3.63, 3.8) is 0 Å². The molecule has 0 aliphatic carbocycles. The first kappa shape index (κ1) is 13.9. The standard InChI is InChI=1S/C15H15FN2O2/c1-20-14-7-2-10(8-13(14)17)9-18-15(19)11-3-5-12(16)6-4-11/h2-8H,9,17H2,1H3,(H,18,19). The molecule has 4 nitrogen and oxygen atoms in total. The Hall–Kier alpha value is -2.56. The molecule has 0 fully saturated rings. The van der Waals surface area contributed by atoms with Crippen LogP contribution in [0, 0.1) is 5.82 Å². The molecule has 5 heteroatoms. The Kier molecular flexibility index (Phi) is 4.20. The van der Waals surface area contributed by atoms with Crippen molar-refractivity contribution in [2.45, 2.75) is 6.54 Å². The summed E-state index contributed by atoms with van der Waals surface area (Å²) in [5.74, 6) is -0.0394. The minimum Gasteiger partial charge on any atom is -0.495 e. The Morgan fingerprint density at radius 2 is 1.95 bits per heavy atom. The summed E-state index contributed by atoms with van der Waals surface area (Å²) in [6, 6.07) is 10.7. The van der Waals surface area contributed by atoms with Crippen molar-refractivity contribution in [1.82, 2.24) is 5.32 Å². The molecule has 0 bridgehead atoms. The number of hydrogen-bond donors (Lipinski definition) is 2. The third-order valence-corrected chi connectivity index (χ3v) is 2.85. The summed E-state index contributed by atoms with van der Waals surface area (Å²) < 4.78 is 17.8. The summed E-state index contributed by atoms with van der Waals surface area (Å²) in [5.41, 5.74) is 7.57.